The van der Waals surface area contributed by atoms with Crippen LogP contribution in [0.1, 0.15) is 11.1 Å². The van der Waals surface area contributed by atoms with E-state index >= 15 is 0 Å². The topological polar surface area (TPSA) is 46.2 Å². The van der Waals surface area contributed by atoms with E-state index in [1.807, 2.05) is 13.0 Å². The average molecular weight is 358 g/mol. The molecular formula is C14H13BrFNO2S. The van der Waals surface area contributed by atoms with Crippen molar-refractivity contribution in [2.45, 2.75) is 18.7 Å². The maximum absolute atomic E-state index is 13.2. The van der Waals surface area contributed by atoms with Crippen LogP contribution in [0.2, 0.25) is 0 Å². The molecule has 0 spiro atoms. The number of nitrogens with one attached hydrogen (secondary N) is 1. The molecular weight excluding hydrogens is 345 g/mol. The van der Waals surface area contributed by atoms with Gasteiger partial charge in [0.15, 0.2) is 0 Å². The molecule has 0 bridgehead atoms. The lowest BCUT2D eigenvalue weighted by molar-refractivity contribution is 0.594. The van der Waals surface area contributed by atoms with E-state index in [0.29, 0.717) is 11.3 Å². The van der Waals surface area contributed by atoms with E-state index < -0.39 is 15.8 Å². The van der Waals surface area contributed by atoms with Gasteiger partial charge < -0.3 is 0 Å². The molecule has 0 aliphatic rings. The van der Waals surface area contributed by atoms with E-state index in [9.17, 15) is 12.8 Å². The lowest BCUT2D eigenvalue weighted by Crippen LogP contribution is -2.14. The third-order valence-electron chi connectivity index (χ3n) is 2.73. The van der Waals surface area contributed by atoms with E-state index in [2.05, 4.69) is 20.7 Å². The molecule has 0 atom stereocenters. The van der Waals surface area contributed by atoms with Gasteiger partial charge in [0, 0.05) is 4.47 Å². The van der Waals surface area contributed by atoms with Gasteiger partial charge in [0.05, 0.1) is 10.6 Å². The van der Waals surface area contributed by atoms with Crippen molar-refractivity contribution in [2.75, 3.05) is 4.72 Å². The molecule has 0 unspecified atom stereocenters. The molecule has 0 aliphatic carbocycles. The van der Waals surface area contributed by atoms with Crippen molar-refractivity contribution in [3.05, 3.63) is 57.8 Å². The number of hydrogen-bond donors (Lipinski definition) is 1. The van der Waals surface area contributed by atoms with Crippen LogP contribution >= 0.6 is 15.9 Å². The normalized spacial score (nSPS) is 11.4. The minimum atomic E-state index is -3.81. The molecule has 0 radical (unpaired) electrons. The van der Waals surface area contributed by atoms with E-state index in [1.165, 1.54) is 12.1 Å². The predicted octanol–water partition coefficient (Wildman–Crippen LogP) is 4.01. The number of hydrogen-bond acceptors (Lipinski definition) is 2. The molecule has 2 rings (SSSR count). The van der Waals surface area contributed by atoms with Gasteiger partial charge in [0.1, 0.15) is 5.82 Å². The summed E-state index contributed by atoms with van der Waals surface area (Å²) >= 11 is 3.31. The smallest absolute Gasteiger partial charge is 0.262 e. The van der Waals surface area contributed by atoms with Gasteiger partial charge in [-0.3, -0.25) is 4.72 Å². The van der Waals surface area contributed by atoms with Crippen LogP contribution in [-0.2, 0) is 10.0 Å². The Morgan fingerprint density at radius 2 is 1.80 bits per heavy atom. The number of benzene rings is 2. The lowest BCUT2D eigenvalue weighted by atomic mass is 10.2. The summed E-state index contributed by atoms with van der Waals surface area (Å²) in [5, 5.41) is 0. The van der Waals surface area contributed by atoms with Crippen LogP contribution < -0.4 is 4.72 Å². The summed E-state index contributed by atoms with van der Waals surface area (Å²) < 4.78 is 41.1. The van der Waals surface area contributed by atoms with E-state index in [1.54, 1.807) is 19.1 Å². The van der Waals surface area contributed by atoms with Gasteiger partial charge in [-0.25, -0.2) is 12.8 Å². The predicted molar refractivity (Wildman–Crippen MR) is 80.8 cm³/mol. The number of anilines is 1. The lowest BCUT2D eigenvalue weighted by Gasteiger charge is -2.11. The molecule has 0 aromatic heterocycles. The summed E-state index contributed by atoms with van der Waals surface area (Å²) in [5.41, 5.74) is 1.83. The monoisotopic (exact) mass is 357 g/mol. The Morgan fingerprint density at radius 3 is 2.45 bits per heavy atom. The molecule has 2 aromatic carbocycles. The van der Waals surface area contributed by atoms with Crippen LogP contribution in [0.15, 0.2) is 45.8 Å². The van der Waals surface area contributed by atoms with Gasteiger partial charge in [0.2, 0.25) is 0 Å². The van der Waals surface area contributed by atoms with Crippen LogP contribution in [0.25, 0.3) is 0 Å². The first kappa shape index (κ1) is 15.0. The zero-order chi connectivity index (χ0) is 14.9. The Kier molecular flexibility index (Phi) is 4.15. The van der Waals surface area contributed by atoms with Crippen LogP contribution in [-0.4, -0.2) is 8.42 Å². The summed E-state index contributed by atoms with van der Waals surface area (Å²) in [4.78, 5) is -0.0601. The minimum Gasteiger partial charge on any atom is -0.280 e. The SMILES string of the molecule is Cc1cc(Br)cc(NS(=O)(=O)c2cc(F)ccc2C)c1. The first-order chi connectivity index (χ1) is 9.28. The average Bonchev–Trinajstić information content (AvgIpc) is 2.30. The third-order valence-corrected chi connectivity index (χ3v) is 4.72. The Labute approximate surface area is 126 Å². The minimum absolute atomic E-state index is 0.0601. The molecule has 6 heteroatoms. The van der Waals surface area contributed by atoms with Crippen molar-refractivity contribution in [1.29, 1.82) is 0 Å². The second-order valence-corrected chi connectivity index (χ2v) is 7.10. The van der Waals surface area contributed by atoms with Crippen molar-refractivity contribution in [2.24, 2.45) is 0 Å². The van der Waals surface area contributed by atoms with Gasteiger partial charge in [0.25, 0.3) is 10.0 Å². The highest BCUT2D eigenvalue weighted by molar-refractivity contribution is 9.10. The van der Waals surface area contributed by atoms with E-state index in [4.69, 9.17) is 0 Å². The molecule has 106 valence electrons. The zero-order valence-corrected chi connectivity index (χ0v) is 13.3. The van der Waals surface area contributed by atoms with Gasteiger partial charge in [-0.15, -0.1) is 0 Å². The molecule has 0 amide bonds. The Bertz CT molecular complexity index is 740. The Balaban J connectivity index is 2.43. The zero-order valence-electron chi connectivity index (χ0n) is 10.9. The van der Waals surface area contributed by atoms with Crippen LogP contribution in [0, 0.1) is 19.7 Å². The molecule has 0 heterocycles. The van der Waals surface area contributed by atoms with Gasteiger partial charge in [-0.05, 0) is 55.3 Å². The fourth-order valence-electron chi connectivity index (χ4n) is 1.87. The first-order valence-corrected chi connectivity index (χ1v) is 8.12. The molecule has 0 saturated carbocycles. The molecule has 3 nitrogen and oxygen atoms in total. The summed E-state index contributed by atoms with van der Waals surface area (Å²) in [6.07, 6.45) is 0. The van der Waals surface area contributed by atoms with E-state index in [0.717, 1.165) is 16.1 Å². The first-order valence-electron chi connectivity index (χ1n) is 5.84. The largest absolute Gasteiger partial charge is 0.280 e. The fraction of sp³-hybridized carbons (Fsp3) is 0.143. The third kappa shape index (κ3) is 3.37. The number of rotatable bonds is 3. The number of sulfonamides is 1. The second kappa shape index (κ2) is 5.54. The van der Waals surface area contributed by atoms with Crippen LogP contribution in [0.4, 0.5) is 10.1 Å². The van der Waals surface area contributed by atoms with Gasteiger partial charge in [-0.1, -0.05) is 22.0 Å². The molecule has 1 N–H and O–H groups in total. The molecule has 0 aliphatic heterocycles. The maximum Gasteiger partial charge on any atom is 0.262 e. The summed E-state index contributed by atoms with van der Waals surface area (Å²) in [5.74, 6) is -0.582. The highest BCUT2D eigenvalue weighted by atomic mass is 79.9. The molecule has 0 fully saturated rings. The second-order valence-electron chi connectivity index (χ2n) is 4.53. The van der Waals surface area contributed by atoms with Gasteiger partial charge in [-0.2, -0.15) is 0 Å². The Morgan fingerprint density at radius 1 is 1.10 bits per heavy atom. The van der Waals surface area contributed by atoms with Crippen LogP contribution in [0.3, 0.4) is 0 Å². The van der Waals surface area contributed by atoms with Crippen molar-refractivity contribution < 1.29 is 12.8 Å². The highest BCUT2D eigenvalue weighted by Crippen LogP contribution is 2.23. The molecule has 20 heavy (non-hydrogen) atoms. The van der Waals surface area contributed by atoms with Crippen LogP contribution in [0.5, 0.6) is 0 Å². The van der Waals surface area contributed by atoms with E-state index in [-0.39, 0.29) is 4.90 Å². The van der Waals surface area contributed by atoms with Crippen molar-refractivity contribution >= 4 is 31.6 Å². The maximum atomic E-state index is 13.2. The quantitative estimate of drug-likeness (QED) is 0.901. The Hall–Kier alpha value is -1.40. The van der Waals surface area contributed by atoms with Crippen molar-refractivity contribution in [3.8, 4) is 0 Å². The summed E-state index contributed by atoms with van der Waals surface area (Å²) in [7, 11) is -3.81. The number of aryl methyl sites for hydroxylation is 2. The van der Waals surface area contributed by atoms with Crippen molar-refractivity contribution in [1.82, 2.24) is 0 Å². The van der Waals surface area contributed by atoms with Crippen molar-refractivity contribution in [3.63, 3.8) is 0 Å². The standard InChI is InChI=1S/C14H13BrFNO2S/c1-9-5-11(15)7-13(6-9)17-20(18,19)14-8-12(16)4-3-10(14)2/h3-8,17H,1-2H3. The summed E-state index contributed by atoms with van der Waals surface area (Å²) in [6, 6.07) is 8.91. The molecule has 2 aromatic rings. The number of halogens is 2. The summed E-state index contributed by atoms with van der Waals surface area (Å²) in [6.45, 7) is 3.48. The fourth-order valence-corrected chi connectivity index (χ4v) is 3.77. The van der Waals surface area contributed by atoms with Gasteiger partial charge >= 0.3 is 0 Å². The highest BCUT2D eigenvalue weighted by Gasteiger charge is 2.18. The molecule has 0 saturated heterocycles.